The van der Waals surface area contributed by atoms with Crippen LogP contribution in [0.5, 0.6) is 0 Å². The van der Waals surface area contributed by atoms with Crippen LogP contribution in [0.15, 0.2) is 0 Å². The minimum absolute atomic E-state index is 0.278. The molecular formula is C6H14N2O3. The van der Waals surface area contributed by atoms with E-state index in [1.807, 2.05) is 0 Å². The maximum atomic E-state index is 10.9. The summed E-state index contributed by atoms with van der Waals surface area (Å²) >= 11 is 0. The van der Waals surface area contributed by atoms with Crippen LogP contribution < -0.4 is 10.9 Å². The second-order valence-corrected chi connectivity index (χ2v) is 1.88. The molecule has 0 amide bonds. The van der Waals surface area contributed by atoms with Crippen molar-refractivity contribution in [1.29, 1.82) is 0 Å². The van der Waals surface area contributed by atoms with E-state index in [0.717, 1.165) is 0 Å². The van der Waals surface area contributed by atoms with Crippen LogP contribution in [0, 0.1) is 0 Å². The number of ether oxygens (including phenoxy) is 1. The third-order valence-corrected chi connectivity index (χ3v) is 1.07. The molecule has 0 heterocycles. The Morgan fingerprint density at radius 2 is 2.36 bits per heavy atom. The van der Waals surface area contributed by atoms with E-state index < -0.39 is 12.0 Å². The third kappa shape index (κ3) is 3.92. The van der Waals surface area contributed by atoms with Crippen LogP contribution in [-0.4, -0.2) is 37.4 Å². The zero-order valence-electron chi connectivity index (χ0n) is 6.76. The van der Waals surface area contributed by atoms with Crippen LogP contribution in [0.25, 0.3) is 0 Å². The highest BCUT2D eigenvalue weighted by Gasteiger charge is 2.16. The van der Waals surface area contributed by atoms with Crippen LogP contribution in [0.2, 0.25) is 0 Å². The van der Waals surface area contributed by atoms with Crippen molar-refractivity contribution in [2.75, 3.05) is 20.3 Å². The summed E-state index contributed by atoms with van der Waals surface area (Å²) in [4.78, 5) is 10.9. The lowest BCUT2D eigenvalue weighted by atomic mass is 10.3. The summed E-state index contributed by atoms with van der Waals surface area (Å²) in [7, 11) is 1.61. The van der Waals surface area contributed by atoms with Crippen molar-refractivity contribution < 1.29 is 14.6 Å². The second-order valence-electron chi connectivity index (χ2n) is 1.88. The molecule has 5 heteroatoms. The number of nitrogens with one attached hydrogen (secondary N) is 2. The van der Waals surface area contributed by atoms with Gasteiger partial charge in [-0.25, -0.2) is 5.43 Å². The smallest absolute Gasteiger partial charge is 0.326 e. The Kier molecular flexibility index (Phi) is 5.73. The standard InChI is InChI=1S/C6H14N2O3/c1-3-11-6(10)5(4-9)8-7-2/h5,7-9H,3-4H2,1-2H3/t5-/m0/s1. The van der Waals surface area contributed by atoms with Gasteiger partial charge in [-0.1, -0.05) is 0 Å². The summed E-state index contributed by atoms with van der Waals surface area (Å²) in [5, 5.41) is 8.65. The van der Waals surface area contributed by atoms with Gasteiger partial charge in [0.25, 0.3) is 0 Å². The van der Waals surface area contributed by atoms with Gasteiger partial charge in [0, 0.05) is 0 Å². The number of hydrogen-bond donors (Lipinski definition) is 3. The summed E-state index contributed by atoms with van der Waals surface area (Å²) < 4.78 is 4.65. The molecule has 0 saturated carbocycles. The van der Waals surface area contributed by atoms with Crippen LogP contribution in [0.3, 0.4) is 0 Å². The van der Waals surface area contributed by atoms with Crippen LogP contribution >= 0.6 is 0 Å². The molecule has 0 bridgehead atoms. The van der Waals surface area contributed by atoms with Gasteiger partial charge in [-0.05, 0) is 14.0 Å². The predicted molar refractivity (Wildman–Crippen MR) is 39.7 cm³/mol. The van der Waals surface area contributed by atoms with E-state index in [1.54, 1.807) is 14.0 Å². The quantitative estimate of drug-likeness (QED) is 0.344. The number of hydrazine groups is 1. The zero-order valence-corrected chi connectivity index (χ0v) is 6.76. The molecular weight excluding hydrogens is 148 g/mol. The van der Waals surface area contributed by atoms with Gasteiger partial charge in [-0.2, -0.15) is 0 Å². The van der Waals surface area contributed by atoms with Gasteiger partial charge >= 0.3 is 5.97 Å². The van der Waals surface area contributed by atoms with E-state index >= 15 is 0 Å². The lowest BCUT2D eigenvalue weighted by Crippen LogP contribution is -2.46. The normalized spacial score (nSPS) is 12.6. The number of rotatable bonds is 5. The molecule has 0 unspecified atom stereocenters. The molecule has 0 saturated heterocycles. The molecule has 3 N–H and O–H groups in total. The Morgan fingerprint density at radius 3 is 2.73 bits per heavy atom. The summed E-state index contributed by atoms with van der Waals surface area (Å²) in [6.07, 6.45) is 0. The Bertz CT molecular complexity index is 118. The van der Waals surface area contributed by atoms with Crippen molar-refractivity contribution >= 4 is 5.97 Å². The van der Waals surface area contributed by atoms with Crippen LogP contribution in [0.1, 0.15) is 6.92 Å². The molecule has 0 aliphatic rings. The number of aliphatic hydroxyl groups excluding tert-OH is 1. The maximum absolute atomic E-state index is 10.9. The third-order valence-electron chi connectivity index (χ3n) is 1.07. The van der Waals surface area contributed by atoms with Gasteiger partial charge in [0.05, 0.1) is 13.2 Å². The molecule has 0 aromatic heterocycles. The monoisotopic (exact) mass is 162 g/mol. The number of carbonyl (C=O) groups excluding carboxylic acids is 1. The molecule has 0 aromatic rings. The molecule has 11 heavy (non-hydrogen) atoms. The molecule has 0 aliphatic carbocycles. The molecule has 66 valence electrons. The highest BCUT2D eigenvalue weighted by Crippen LogP contribution is 1.85. The van der Waals surface area contributed by atoms with Crippen molar-refractivity contribution in [2.24, 2.45) is 0 Å². The fourth-order valence-corrected chi connectivity index (χ4v) is 0.596. The van der Waals surface area contributed by atoms with Crippen LogP contribution in [-0.2, 0) is 9.53 Å². The molecule has 0 rings (SSSR count). The highest BCUT2D eigenvalue weighted by atomic mass is 16.5. The first-order valence-electron chi connectivity index (χ1n) is 3.46. The zero-order chi connectivity index (χ0) is 8.69. The molecule has 0 aromatic carbocycles. The van der Waals surface area contributed by atoms with Crippen LogP contribution in [0.4, 0.5) is 0 Å². The summed E-state index contributed by atoms with van der Waals surface area (Å²) in [5.41, 5.74) is 5.09. The Labute approximate surface area is 65.7 Å². The predicted octanol–water partition coefficient (Wildman–Crippen LogP) is -1.37. The van der Waals surface area contributed by atoms with Crippen molar-refractivity contribution in [3.05, 3.63) is 0 Å². The molecule has 0 fully saturated rings. The number of aliphatic hydroxyl groups is 1. The van der Waals surface area contributed by atoms with Gasteiger partial charge in [-0.3, -0.25) is 10.2 Å². The lowest BCUT2D eigenvalue weighted by molar-refractivity contribution is -0.147. The summed E-state index contributed by atoms with van der Waals surface area (Å²) in [5.74, 6) is -0.454. The average Bonchev–Trinajstić information content (AvgIpc) is 2.00. The average molecular weight is 162 g/mol. The number of hydrogen-bond acceptors (Lipinski definition) is 5. The Morgan fingerprint density at radius 1 is 1.73 bits per heavy atom. The summed E-state index contributed by atoms with van der Waals surface area (Å²) in [6.45, 7) is 1.76. The van der Waals surface area contributed by atoms with Gasteiger partial charge in [-0.15, -0.1) is 0 Å². The first-order valence-corrected chi connectivity index (χ1v) is 3.46. The number of esters is 1. The van der Waals surface area contributed by atoms with Crippen molar-refractivity contribution in [1.82, 2.24) is 10.9 Å². The Hall–Kier alpha value is -0.650. The van der Waals surface area contributed by atoms with Crippen molar-refractivity contribution in [3.63, 3.8) is 0 Å². The maximum Gasteiger partial charge on any atom is 0.326 e. The lowest BCUT2D eigenvalue weighted by Gasteiger charge is -2.12. The first-order chi connectivity index (χ1) is 5.26. The SMILES string of the molecule is CCOC(=O)[C@H](CO)NNC. The number of carbonyl (C=O) groups is 1. The molecule has 0 spiro atoms. The molecule has 1 atom stereocenters. The van der Waals surface area contributed by atoms with Gasteiger partial charge in [0.15, 0.2) is 0 Å². The second kappa shape index (κ2) is 6.09. The van der Waals surface area contributed by atoms with E-state index in [4.69, 9.17) is 5.11 Å². The molecule has 5 nitrogen and oxygen atoms in total. The van der Waals surface area contributed by atoms with Gasteiger partial charge < -0.3 is 9.84 Å². The van der Waals surface area contributed by atoms with E-state index in [-0.39, 0.29) is 6.61 Å². The molecule has 0 radical (unpaired) electrons. The minimum Gasteiger partial charge on any atom is -0.465 e. The fourth-order valence-electron chi connectivity index (χ4n) is 0.596. The van der Waals surface area contributed by atoms with Gasteiger partial charge in [0.2, 0.25) is 0 Å². The first kappa shape index (κ1) is 10.3. The Balaban J connectivity index is 3.71. The van der Waals surface area contributed by atoms with Crippen molar-refractivity contribution in [2.45, 2.75) is 13.0 Å². The van der Waals surface area contributed by atoms with E-state index in [1.165, 1.54) is 0 Å². The van der Waals surface area contributed by atoms with Crippen molar-refractivity contribution in [3.8, 4) is 0 Å². The van der Waals surface area contributed by atoms with E-state index in [0.29, 0.717) is 6.61 Å². The highest BCUT2D eigenvalue weighted by molar-refractivity contribution is 5.75. The van der Waals surface area contributed by atoms with E-state index in [9.17, 15) is 4.79 Å². The minimum atomic E-state index is -0.681. The molecule has 0 aliphatic heterocycles. The van der Waals surface area contributed by atoms with Gasteiger partial charge in [0.1, 0.15) is 6.04 Å². The topological polar surface area (TPSA) is 70.6 Å². The summed E-state index contributed by atoms with van der Waals surface area (Å²) in [6, 6.07) is -0.681. The van der Waals surface area contributed by atoms with E-state index in [2.05, 4.69) is 15.6 Å². The fraction of sp³-hybridized carbons (Fsp3) is 0.833. The largest absolute Gasteiger partial charge is 0.465 e.